The Balaban J connectivity index is 1.96. The first-order valence-corrected chi connectivity index (χ1v) is 6.66. The molecule has 0 radical (unpaired) electrons. The van der Waals surface area contributed by atoms with E-state index < -0.39 is 6.10 Å². The van der Waals surface area contributed by atoms with Crippen LogP contribution in [0.4, 0.5) is 0 Å². The number of methoxy groups -OCH3 is 1. The highest BCUT2D eigenvalue weighted by atomic mass is 16.5. The first-order chi connectivity index (χ1) is 10.2. The van der Waals surface area contributed by atoms with Crippen molar-refractivity contribution < 1.29 is 14.3 Å². The van der Waals surface area contributed by atoms with E-state index in [1.165, 1.54) is 7.11 Å². The molecule has 0 aliphatic heterocycles. The highest BCUT2D eigenvalue weighted by molar-refractivity contribution is 5.99. The summed E-state index contributed by atoms with van der Waals surface area (Å²) in [6.07, 6.45) is -0.713. The van der Waals surface area contributed by atoms with Crippen molar-refractivity contribution in [1.82, 2.24) is 5.32 Å². The first-order valence-electron chi connectivity index (χ1n) is 6.66. The average molecular weight is 283 g/mol. The van der Waals surface area contributed by atoms with Crippen LogP contribution < -0.4 is 5.32 Å². The second-order valence-electron chi connectivity index (χ2n) is 4.53. The Morgan fingerprint density at radius 1 is 1.00 bits per heavy atom. The van der Waals surface area contributed by atoms with Crippen LogP contribution in [0.25, 0.3) is 0 Å². The number of carbonyl (C=O) groups excluding carboxylic acids is 2. The molecule has 0 aromatic heterocycles. The van der Waals surface area contributed by atoms with Gasteiger partial charge in [-0.15, -0.1) is 0 Å². The highest BCUT2D eigenvalue weighted by Gasteiger charge is 2.20. The Labute approximate surface area is 123 Å². The maximum atomic E-state index is 12.1. The van der Waals surface area contributed by atoms with Crippen LogP contribution in [-0.2, 0) is 9.53 Å². The van der Waals surface area contributed by atoms with E-state index in [1.807, 2.05) is 36.4 Å². The van der Waals surface area contributed by atoms with Gasteiger partial charge in [0.25, 0.3) is 5.91 Å². The number of hydrogen-bond acceptors (Lipinski definition) is 3. The van der Waals surface area contributed by atoms with Gasteiger partial charge < -0.3 is 10.1 Å². The van der Waals surface area contributed by atoms with Crippen molar-refractivity contribution >= 4 is 11.7 Å². The molecule has 0 spiro atoms. The van der Waals surface area contributed by atoms with Gasteiger partial charge in [0.1, 0.15) is 0 Å². The molecule has 1 unspecified atom stereocenters. The summed E-state index contributed by atoms with van der Waals surface area (Å²) in [5, 5.41) is 2.62. The zero-order valence-corrected chi connectivity index (χ0v) is 11.8. The molecule has 0 aliphatic carbocycles. The molecular weight excluding hydrogens is 266 g/mol. The summed E-state index contributed by atoms with van der Waals surface area (Å²) in [7, 11) is 1.47. The molecule has 4 nitrogen and oxygen atoms in total. The number of carbonyl (C=O) groups is 2. The molecule has 0 aliphatic rings. The SMILES string of the molecule is COC(C(=O)NCC(=O)c1ccccc1)c1ccccc1. The molecule has 108 valence electrons. The Morgan fingerprint density at radius 2 is 1.57 bits per heavy atom. The minimum absolute atomic E-state index is 0.0461. The number of amides is 1. The predicted molar refractivity (Wildman–Crippen MR) is 80.0 cm³/mol. The maximum Gasteiger partial charge on any atom is 0.254 e. The number of ketones is 1. The molecule has 1 atom stereocenters. The third kappa shape index (κ3) is 4.00. The minimum Gasteiger partial charge on any atom is -0.367 e. The van der Waals surface area contributed by atoms with E-state index >= 15 is 0 Å². The van der Waals surface area contributed by atoms with Crippen LogP contribution in [-0.4, -0.2) is 25.3 Å². The van der Waals surface area contributed by atoms with E-state index in [-0.39, 0.29) is 18.2 Å². The lowest BCUT2D eigenvalue weighted by Crippen LogP contribution is -2.34. The molecule has 0 fully saturated rings. The van der Waals surface area contributed by atoms with Gasteiger partial charge in [0.2, 0.25) is 0 Å². The molecule has 1 amide bonds. The summed E-state index contributed by atoms with van der Waals surface area (Å²) >= 11 is 0. The molecule has 2 aromatic carbocycles. The number of nitrogens with one attached hydrogen (secondary N) is 1. The molecule has 0 saturated carbocycles. The molecule has 0 heterocycles. The maximum absolute atomic E-state index is 12.1. The lowest BCUT2D eigenvalue weighted by Gasteiger charge is -2.15. The van der Waals surface area contributed by atoms with E-state index in [0.717, 1.165) is 5.56 Å². The van der Waals surface area contributed by atoms with Gasteiger partial charge in [-0.2, -0.15) is 0 Å². The average Bonchev–Trinajstić information content (AvgIpc) is 2.55. The van der Waals surface area contributed by atoms with E-state index in [1.54, 1.807) is 24.3 Å². The second-order valence-corrected chi connectivity index (χ2v) is 4.53. The van der Waals surface area contributed by atoms with Crippen LogP contribution >= 0.6 is 0 Å². The fourth-order valence-corrected chi connectivity index (χ4v) is 2.01. The Morgan fingerprint density at radius 3 is 2.14 bits per heavy atom. The van der Waals surface area contributed by atoms with Crippen LogP contribution in [0.15, 0.2) is 60.7 Å². The minimum atomic E-state index is -0.713. The van der Waals surface area contributed by atoms with E-state index in [0.29, 0.717) is 5.56 Å². The summed E-state index contributed by atoms with van der Waals surface area (Å²) in [4.78, 5) is 24.1. The molecule has 2 aromatic rings. The summed E-state index contributed by atoms with van der Waals surface area (Å²) in [6, 6.07) is 18.0. The van der Waals surface area contributed by atoms with Crippen LogP contribution in [0, 0.1) is 0 Å². The summed E-state index contributed by atoms with van der Waals surface area (Å²) < 4.78 is 5.21. The van der Waals surface area contributed by atoms with E-state index in [2.05, 4.69) is 5.32 Å². The van der Waals surface area contributed by atoms with Crippen molar-refractivity contribution in [3.8, 4) is 0 Å². The van der Waals surface area contributed by atoms with Crippen LogP contribution in [0.3, 0.4) is 0 Å². The Hall–Kier alpha value is -2.46. The lowest BCUT2D eigenvalue weighted by molar-refractivity contribution is -0.131. The van der Waals surface area contributed by atoms with Gasteiger partial charge in [-0.25, -0.2) is 0 Å². The van der Waals surface area contributed by atoms with Crippen molar-refractivity contribution in [2.45, 2.75) is 6.10 Å². The second kappa shape index (κ2) is 7.36. The third-order valence-electron chi connectivity index (χ3n) is 3.10. The number of benzene rings is 2. The summed E-state index contributed by atoms with van der Waals surface area (Å²) in [5.74, 6) is -0.458. The third-order valence-corrected chi connectivity index (χ3v) is 3.10. The normalized spacial score (nSPS) is 11.7. The van der Waals surface area contributed by atoms with Crippen molar-refractivity contribution in [3.05, 3.63) is 71.8 Å². The zero-order valence-electron chi connectivity index (χ0n) is 11.8. The number of hydrogen-bond donors (Lipinski definition) is 1. The summed E-state index contributed by atoms with van der Waals surface area (Å²) in [5.41, 5.74) is 1.33. The fourth-order valence-electron chi connectivity index (χ4n) is 2.01. The number of ether oxygens (including phenoxy) is 1. The Kier molecular flexibility index (Phi) is 5.23. The van der Waals surface area contributed by atoms with Gasteiger partial charge in [0, 0.05) is 12.7 Å². The molecule has 1 N–H and O–H groups in total. The summed E-state index contributed by atoms with van der Waals surface area (Å²) in [6.45, 7) is -0.0461. The molecule has 0 bridgehead atoms. The monoisotopic (exact) mass is 283 g/mol. The van der Waals surface area contributed by atoms with Crippen LogP contribution in [0.5, 0.6) is 0 Å². The standard InChI is InChI=1S/C17H17NO3/c1-21-16(14-10-6-3-7-11-14)17(20)18-12-15(19)13-8-4-2-5-9-13/h2-11,16H,12H2,1H3,(H,18,20). The van der Waals surface area contributed by atoms with Gasteiger partial charge in [0.15, 0.2) is 11.9 Å². The number of Topliss-reactive ketones (excluding diaryl/α,β-unsaturated/α-hetero) is 1. The number of rotatable bonds is 6. The van der Waals surface area contributed by atoms with Crippen molar-refractivity contribution in [1.29, 1.82) is 0 Å². The van der Waals surface area contributed by atoms with Gasteiger partial charge in [-0.05, 0) is 5.56 Å². The highest BCUT2D eigenvalue weighted by Crippen LogP contribution is 2.16. The largest absolute Gasteiger partial charge is 0.367 e. The molecule has 4 heteroatoms. The van der Waals surface area contributed by atoms with Crippen molar-refractivity contribution in [2.24, 2.45) is 0 Å². The Bertz CT molecular complexity index is 596. The van der Waals surface area contributed by atoms with Gasteiger partial charge in [-0.3, -0.25) is 9.59 Å². The van der Waals surface area contributed by atoms with Gasteiger partial charge in [0.05, 0.1) is 6.54 Å². The zero-order chi connectivity index (χ0) is 15.1. The van der Waals surface area contributed by atoms with Crippen molar-refractivity contribution in [3.63, 3.8) is 0 Å². The lowest BCUT2D eigenvalue weighted by atomic mass is 10.1. The van der Waals surface area contributed by atoms with Crippen molar-refractivity contribution in [2.75, 3.05) is 13.7 Å². The van der Waals surface area contributed by atoms with E-state index in [9.17, 15) is 9.59 Å². The molecule has 2 rings (SSSR count). The smallest absolute Gasteiger partial charge is 0.254 e. The predicted octanol–water partition coefficient (Wildman–Crippen LogP) is 2.37. The van der Waals surface area contributed by atoms with Crippen LogP contribution in [0.1, 0.15) is 22.0 Å². The molecule has 21 heavy (non-hydrogen) atoms. The quantitative estimate of drug-likeness (QED) is 0.828. The first kappa shape index (κ1) is 14.9. The molecular formula is C17H17NO3. The van der Waals surface area contributed by atoms with E-state index in [4.69, 9.17) is 4.74 Å². The topological polar surface area (TPSA) is 55.4 Å². The van der Waals surface area contributed by atoms with Gasteiger partial charge >= 0.3 is 0 Å². The molecule has 0 saturated heterocycles. The fraction of sp³-hybridized carbons (Fsp3) is 0.176. The van der Waals surface area contributed by atoms with Gasteiger partial charge in [-0.1, -0.05) is 60.7 Å². The van der Waals surface area contributed by atoms with Crippen LogP contribution in [0.2, 0.25) is 0 Å².